The number of carbonyl (C=O) groups excluding carboxylic acids is 1. The summed E-state index contributed by atoms with van der Waals surface area (Å²) in [5, 5.41) is 0. The average molecular weight is 204 g/mol. The van der Waals surface area contributed by atoms with E-state index in [0.29, 0.717) is 18.6 Å². The van der Waals surface area contributed by atoms with Crippen molar-refractivity contribution in [2.24, 2.45) is 0 Å². The van der Waals surface area contributed by atoms with Gasteiger partial charge in [0.05, 0.1) is 5.60 Å². The van der Waals surface area contributed by atoms with Crippen LogP contribution in [0.4, 0.5) is 0 Å². The van der Waals surface area contributed by atoms with Crippen LogP contribution in [0.15, 0.2) is 30.3 Å². The van der Waals surface area contributed by atoms with E-state index in [1.807, 2.05) is 25.1 Å². The van der Waals surface area contributed by atoms with Crippen LogP contribution in [-0.2, 0) is 9.53 Å². The van der Waals surface area contributed by atoms with Crippen LogP contribution < -0.4 is 0 Å². The van der Waals surface area contributed by atoms with Crippen molar-refractivity contribution in [1.82, 2.24) is 0 Å². The molecule has 0 radical (unpaired) electrons. The normalized spacial score (nSPS) is 30.8. The Morgan fingerprint density at radius 3 is 2.60 bits per heavy atom. The molecule has 80 valence electrons. The number of hydrogen-bond acceptors (Lipinski definition) is 2. The fourth-order valence-electron chi connectivity index (χ4n) is 2.40. The number of Topliss-reactive ketones (excluding diaryl/α,β-unsaturated/α-hetero) is 1. The highest BCUT2D eigenvalue weighted by Gasteiger charge is 2.44. The SMILES string of the molecule is CO[C@@]1(C)CC(=O)C[C@@H]1c1ccccc1. The molecular weight excluding hydrogens is 188 g/mol. The summed E-state index contributed by atoms with van der Waals surface area (Å²) in [6.45, 7) is 2.02. The highest BCUT2D eigenvalue weighted by Crippen LogP contribution is 2.42. The number of hydrogen-bond donors (Lipinski definition) is 0. The van der Waals surface area contributed by atoms with Crippen LogP contribution >= 0.6 is 0 Å². The lowest BCUT2D eigenvalue weighted by atomic mass is 9.86. The molecule has 0 bridgehead atoms. The van der Waals surface area contributed by atoms with E-state index in [4.69, 9.17) is 4.74 Å². The second kappa shape index (κ2) is 3.78. The van der Waals surface area contributed by atoms with Gasteiger partial charge in [-0.05, 0) is 12.5 Å². The second-order valence-electron chi connectivity index (χ2n) is 4.40. The van der Waals surface area contributed by atoms with Gasteiger partial charge in [-0.3, -0.25) is 4.79 Å². The van der Waals surface area contributed by atoms with Gasteiger partial charge < -0.3 is 4.74 Å². The molecule has 1 saturated carbocycles. The maximum atomic E-state index is 11.5. The predicted molar refractivity (Wildman–Crippen MR) is 58.8 cm³/mol. The van der Waals surface area contributed by atoms with Gasteiger partial charge in [-0.25, -0.2) is 0 Å². The number of methoxy groups -OCH3 is 1. The smallest absolute Gasteiger partial charge is 0.136 e. The Kier molecular flexibility index (Phi) is 2.61. The quantitative estimate of drug-likeness (QED) is 0.740. The fourth-order valence-corrected chi connectivity index (χ4v) is 2.40. The van der Waals surface area contributed by atoms with E-state index in [9.17, 15) is 4.79 Å². The Morgan fingerprint density at radius 1 is 1.33 bits per heavy atom. The molecule has 0 N–H and O–H groups in total. The monoisotopic (exact) mass is 204 g/mol. The van der Waals surface area contributed by atoms with Crippen LogP contribution in [0.25, 0.3) is 0 Å². The zero-order chi connectivity index (χ0) is 10.9. The minimum atomic E-state index is -0.321. The molecule has 2 atom stereocenters. The first-order chi connectivity index (χ1) is 7.15. The van der Waals surface area contributed by atoms with Crippen LogP contribution in [0.3, 0.4) is 0 Å². The van der Waals surface area contributed by atoms with Crippen molar-refractivity contribution in [3.8, 4) is 0 Å². The summed E-state index contributed by atoms with van der Waals surface area (Å²) in [6, 6.07) is 10.1. The van der Waals surface area contributed by atoms with Crippen molar-refractivity contribution in [2.75, 3.05) is 7.11 Å². The maximum absolute atomic E-state index is 11.5. The van der Waals surface area contributed by atoms with E-state index in [1.165, 1.54) is 5.56 Å². The number of ketones is 1. The first-order valence-electron chi connectivity index (χ1n) is 5.27. The fraction of sp³-hybridized carbons (Fsp3) is 0.462. The summed E-state index contributed by atoms with van der Waals surface area (Å²) in [5.41, 5.74) is 0.881. The summed E-state index contributed by atoms with van der Waals surface area (Å²) in [5.74, 6) is 0.504. The molecule has 0 aromatic heterocycles. The van der Waals surface area contributed by atoms with E-state index in [-0.39, 0.29) is 11.5 Å². The van der Waals surface area contributed by atoms with E-state index in [2.05, 4.69) is 12.1 Å². The summed E-state index contributed by atoms with van der Waals surface area (Å²) in [6.07, 6.45) is 1.14. The zero-order valence-electron chi connectivity index (χ0n) is 9.19. The third kappa shape index (κ3) is 1.82. The van der Waals surface area contributed by atoms with Gasteiger partial charge in [0.2, 0.25) is 0 Å². The van der Waals surface area contributed by atoms with Crippen molar-refractivity contribution in [2.45, 2.75) is 31.3 Å². The van der Waals surface area contributed by atoms with Gasteiger partial charge in [0.15, 0.2) is 0 Å². The molecule has 0 aliphatic heterocycles. The molecule has 1 aromatic carbocycles. The van der Waals surface area contributed by atoms with Crippen molar-refractivity contribution in [3.63, 3.8) is 0 Å². The van der Waals surface area contributed by atoms with E-state index >= 15 is 0 Å². The third-order valence-corrected chi connectivity index (χ3v) is 3.39. The molecule has 0 spiro atoms. The largest absolute Gasteiger partial charge is 0.377 e. The molecule has 1 aliphatic rings. The van der Waals surface area contributed by atoms with Gasteiger partial charge in [0.25, 0.3) is 0 Å². The molecule has 2 nitrogen and oxygen atoms in total. The van der Waals surface area contributed by atoms with Gasteiger partial charge in [0.1, 0.15) is 5.78 Å². The average Bonchev–Trinajstić information content (AvgIpc) is 2.56. The molecule has 2 heteroatoms. The molecule has 0 unspecified atom stereocenters. The predicted octanol–water partition coefficient (Wildman–Crippen LogP) is 2.54. The Labute approximate surface area is 90.3 Å². The first kappa shape index (κ1) is 10.4. The number of ether oxygens (including phenoxy) is 1. The van der Waals surface area contributed by atoms with Crippen LogP contribution in [-0.4, -0.2) is 18.5 Å². The molecule has 1 aliphatic carbocycles. The summed E-state index contributed by atoms with van der Waals surface area (Å²) >= 11 is 0. The van der Waals surface area contributed by atoms with Gasteiger partial charge in [0, 0.05) is 25.9 Å². The Balaban J connectivity index is 2.33. The highest BCUT2D eigenvalue weighted by atomic mass is 16.5. The molecule has 15 heavy (non-hydrogen) atoms. The van der Waals surface area contributed by atoms with Gasteiger partial charge in [-0.1, -0.05) is 30.3 Å². The third-order valence-electron chi connectivity index (χ3n) is 3.39. The van der Waals surface area contributed by atoms with E-state index < -0.39 is 0 Å². The van der Waals surface area contributed by atoms with Crippen LogP contribution in [0.1, 0.15) is 31.2 Å². The molecule has 0 saturated heterocycles. The minimum absolute atomic E-state index is 0.205. The zero-order valence-corrected chi connectivity index (χ0v) is 9.19. The van der Waals surface area contributed by atoms with Crippen LogP contribution in [0.5, 0.6) is 0 Å². The lowest BCUT2D eigenvalue weighted by Gasteiger charge is -2.29. The lowest BCUT2D eigenvalue weighted by Crippen LogP contribution is -2.30. The maximum Gasteiger partial charge on any atom is 0.136 e. The Morgan fingerprint density at radius 2 is 2.00 bits per heavy atom. The molecular formula is C13H16O2. The van der Waals surface area contributed by atoms with Crippen molar-refractivity contribution < 1.29 is 9.53 Å². The standard InChI is InChI=1S/C13H16O2/c1-13(15-2)9-11(14)8-12(13)10-6-4-3-5-7-10/h3-7,12H,8-9H2,1-2H3/t12-,13+/m1/s1. The molecule has 1 fully saturated rings. The topological polar surface area (TPSA) is 26.3 Å². The molecule has 1 aromatic rings. The van der Waals surface area contributed by atoms with E-state index in [1.54, 1.807) is 7.11 Å². The molecule has 2 rings (SSSR count). The van der Waals surface area contributed by atoms with Crippen molar-refractivity contribution in [1.29, 1.82) is 0 Å². The van der Waals surface area contributed by atoms with Gasteiger partial charge in [-0.15, -0.1) is 0 Å². The van der Waals surface area contributed by atoms with Crippen LogP contribution in [0, 0.1) is 0 Å². The lowest BCUT2D eigenvalue weighted by molar-refractivity contribution is -0.119. The van der Waals surface area contributed by atoms with E-state index in [0.717, 1.165) is 0 Å². The van der Waals surface area contributed by atoms with Crippen LogP contribution in [0.2, 0.25) is 0 Å². The summed E-state index contributed by atoms with van der Waals surface area (Å²) in [4.78, 5) is 11.5. The van der Waals surface area contributed by atoms with Gasteiger partial charge in [-0.2, -0.15) is 0 Å². The first-order valence-corrected chi connectivity index (χ1v) is 5.27. The minimum Gasteiger partial charge on any atom is -0.377 e. The molecule has 0 heterocycles. The number of carbonyl (C=O) groups is 1. The Hall–Kier alpha value is -1.15. The highest BCUT2D eigenvalue weighted by molar-refractivity contribution is 5.83. The Bertz CT molecular complexity index is 358. The summed E-state index contributed by atoms with van der Waals surface area (Å²) < 4.78 is 5.52. The number of benzene rings is 1. The molecule has 0 amide bonds. The number of rotatable bonds is 2. The van der Waals surface area contributed by atoms with Gasteiger partial charge >= 0.3 is 0 Å². The van der Waals surface area contributed by atoms with Crippen molar-refractivity contribution >= 4 is 5.78 Å². The second-order valence-corrected chi connectivity index (χ2v) is 4.40. The van der Waals surface area contributed by atoms with Crippen molar-refractivity contribution in [3.05, 3.63) is 35.9 Å². The summed E-state index contributed by atoms with van der Waals surface area (Å²) in [7, 11) is 1.69.